The van der Waals surface area contributed by atoms with Crippen LogP contribution in [0.15, 0.2) is 30.3 Å². The molecule has 2 rings (SSSR count). The SMILES string of the molecule is Cc1c(OS(C)(=O)=O)nn(-c2ccccc2)c1N. The molecule has 2 aromatic rings. The van der Waals surface area contributed by atoms with Gasteiger partial charge in [-0.1, -0.05) is 18.2 Å². The molecule has 0 saturated carbocycles. The summed E-state index contributed by atoms with van der Waals surface area (Å²) in [4.78, 5) is 0. The second-order valence-electron chi connectivity index (χ2n) is 3.85. The van der Waals surface area contributed by atoms with Crippen LogP contribution < -0.4 is 9.92 Å². The maximum absolute atomic E-state index is 11.1. The standard InChI is InChI=1S/C11H13N3O3S/c1-8-10(12)14(9-6-4-3-5-7-9)13-11(8)17-18(2,15)16/h3-7H,12H2,1-2H3. The normalized spacial score (nSPS) is 11.4. The van der Waals surface area contributed by atoms with E-state index >= 15 is 0 Å². The van der Waals surface area contributed by atoms with Crippen LogP contribution >= 0.6 is 0 Å². The van der Waals surface area contributed by atoms with E-state index in [0.29, 0.717) is 11.4 Å². The van der Waals surface area contributed by atoms with Crippen LogP contribution in [0.3, 0.4) is 0 Å². The number of rotatable bonds is 3. The van der Waals surface area contributed by atoms with Crippen LogP contribution in [0.5, 0.6) is 5.88 Å². The Bertz CT molecular complexity index is 662. The van der Waals surface area contributed by atoms with Crippen molar-refractivity contribution < 1.29 is 12.6 Å². The summed E-state index contributed by atoms with van der Waals surface area (Å²) in [5.74, 6) is 0.346. The Labute approximate surface area is 105 Å². The van der Waals surface area contributed by atoms with Crippen LogP contribution in [0.1, 0.15) is 5.56 Å². The number of nitrogens with zero attached hydrogens (tertiary/aromatic N) is 2. The van der Waals surface area contributed by atoms with Gasteiger partial charge in [0.15, 0.2) is 0 Å². The minimum Gasteiger partial charge on any atom is -0.383 e. The summed E-state index contributed by atoms with van der Waals surface area (Å²) in [7, 11) is -3.62. The van der Waals surface area contributed by atoms with Crippen LogP contribution in [-0.2, 0) is 10.1 Å². The van der Waals surface area contributed by atoms with E-state index in [1.54, 1.807) is 6.92 Å². The fraction of sp³-hybridized carbons (Fsp3) is 0.182. The number of nitrogens with two attached hydrogens (primary N) is 1. The Balaban J connectivity index is 2.50. The maximum Gasteiger partial charge on any atom is 0.307 e. The van der Waals surface area contributed by atoms with Gasteiger partial charge in [0.2, 0.25) is 0 Å². The summed E-state index contributed by atoms with van der Waals surface area (Å²) in [6.45, 7) is 1.66. The first-order valence-electron chi connectivity index (χ1n) is 5.18. The number of benzene rings is 1. The Morgan fingerprint density at radius 3 is 2.44 bits per heavy atom. The molecule has 0 aliphatic carbocycles. The van der Waals surface area contributed by atoms with Crippen LogP contribution in [0.25, 0.3) is 5.69 Å². The van der Waals surface area contributed by atoms with Gasteiger partial charge in [-0.2, -0.15) is 8.42 Å². The number of hydrogen-bond acceptors (Lipinski definition) is 5. The highest BCUT2D eigenvalue weighted by atomic mass is 32.2. The van der Waals surface area contributed by atoms with Crippen molar-refractivity contribution >= 4 is 15.9 Å². The van der Waals surface area contributed by atoms with E-state index < -0.39 is 10.1 Å². The van der Waals surface area contributed by atoms with Gasteiger partial charge in [0.1, 0.15) is 5.82 Å². The summed E-state index contributed by atoms with van der Waals surface area (Å²) in [5.41, 5.74) is 7.11. The minimum absolute atomic E-state index is 0.00106. The van der Waals surface area contributed by atoms with E-state index in [1.165, 1.54) is 4.68 Å². The van der Waals surface area contributed by atoms with Gasteiger partial charge in [0, 0.05) is 0 Å². The molecular weight excluding hydrogens is 254 g/mol. The van der Waals surface area contributed by atoms with Crippen LogP contribution in [0.2, 0.25) is 0 Å². The number of aromatic nitrogens is 2. The Hall–Kier alpha value is -2.02. The molecule has 0 fully saturated rings. The summed E-state index contributed by atoms with van der Waals surface area (Å²) in [6, 6.07) is 9.16. The van der Waals surface area contributed by atoms with Gasteiger partial charge >= 0.3 is 10.1 Å². The van der Waals surface area contributed by atoms with Crippen molar-refractivity contribution in [3.8, 4) is 11.6 Å². The summed E-state index contributed by atoms with van der Waals surface area (Å²) in [5, 5.41) is 4.06. The van der Waals surface area contributed by atoms with Gasteiger partial charge in [0.05, 0.1) is 17.5 Å². The molecule has 6 nitrogen and oxygen atoms in total. The molecule has 0 unspecified atom stereocenters. The van der Waals surface area contributed by atoms with Crippen molar-refractivity contribution in [1.29, 1.82) is 0 Å². The molecule has 1 heterocycles. The average Bonchev–Trinajstić information content (AvgIpc) is 2.57. The molecule has 0 atom stereocenters. The highest BCUT2D eigenvalue weighted by molar-refractivity contribution is 7.86. The molecule has 2 N–H and O–H groups in total. The molecule has 18 heavy (non-hydrogen) atoms. The molecule has 0 amide bonds. The smallest absolute Gasteiger partial charge is 0.307 e. The number of para-hydroxylation sites is 1. The Kier molecular flexibility index (Phi) is 3.00. The predicted octanol–water partition coefficient (Wildman–Crippen LogP) is 1.10. The monoisotopic (exact) mass is 267 g/mol. The lowest BCUT2D eigenvalue weighted by molar-refractivity contribution is 0.477. The van der Waals surface area contributed by atoms with Crippen molar-refractivity contribution in [3.63, 3.8) is 0 Å². The van der Waals surface area contributed by atoms with Crippen molar-refractivity contribution in [2.45, 2.75) is 6.92 Å². The van der Waals surface area contributed by atoms with Crippen molar-refractivity contribution in [2.24, 2.45) is 0 Å². The maximum atomic E-state index is 11.1. The van der Waals surface area contributed by atoms with E-state index in [2.05, 4.69) is 5.10 Å². The van der Waals surface area contributed by atoms with E-state index in [4.69, 9.17) is 9.92 Å². The average molecular weight is 267 g/mol. The molecule has 7 heteroatoms. The van der Waals surface area contributed by atoms with Crippen molar-refractivity contribution in [2.75, 3.05) is 12.0 Å². The molecule has 96 valence electrons. The van der Waals surface area contributed by atoms with E-state index in [-0.39, 0.29) is 5.88 Å². The zero-order chi connectivity index (χ0) is 13.3. The lowest BCUT2D eigenvalue weighted by Crippen LogP contribution is -2.07. The summed E-state index contributed by atoms with van der Waals surface area (Å²) < 4.78 is 28.4. The first-order chi connectivity index (χ1) is 8.38. The van der Waals surface area contributed by atoms with E-state index in [9.17, 15) is 8.42 Å². The number of anilines is 1. The fourth-order valence-electron chi connectivity index (χ4n) is 1.48. The quantitative estimate of drug-likeness (QED) is 0.841. The number of hydrogen-bond donors (Lipinski definition) is 1. The van der Waals surface area contributed by atoms with Gasteiger partial charge < -0.3 is 9.92 Å². The minimum atomic E-state index is -3.62. The lowest BCUT2D eigenvalue weighted by Gasteiger charge is -2.02. The molecule has 1 aromatic carbocycles. The Morgan fingerprint density at radius 2 is 1.89 bits per heavy atom. The predicted molar refractivity (Wildman–Crippen MR) is 68.2 cm³/mol. The van der Waals surface area contributed by atoms with Gasteiger partial charge in [-0.25, -0.2) is 4.68 Å². The van der Waals surface area contributed by atoms with Gasteiger partial charge in [-0.15, -0.1) is 5.10 Å². The van der Waals surface area contributed by atoms with Crippen molar-refractivity contribution in [1.82, 2.24) is 9.78 Å². The second-order valence-corrected chi connectivity index (χ2v) is 5.43. The van der Waals surface area contributed by atoms with Gasteiger partial charge in [-0.05, 0) is 19.1 Å². The molecule has 0 bridgehead atoms. The third-order valence-electron chi connectivity index (χ3n) is 2.36. The van der Waals surface area contributed by atoms with Crippen molar-refractivity contribution in [3.05, 3.63) is 35.9 Å². The third kappa shape index (κ3) is 2.45. The second kappa shape index (κ2) is 4.34. The molecular formula is C11H13N3O3S. The first kappa shape index (κ1) is 12.4. The molecule has 0 spiro atoms. The van der Waals surface area contributed by atoms with Crippen LogP contribution in [0.4, 0.5) is 5.82 Å². The first-order valence-corrected chi connectivity index (χ1v) is 7.00. The van der Waals surface area contributed by atoms with E-state index in [1.807, 2.05) is 30.3 Å². The van der Waals surface area contributed by atoms with Crippen LogP contribution in [0, 0.1) is 6.92 Å². The highest BCUT2D eigenvalue weighted by Gasteiger charge is 2.17. The third-order valence-corrected chi connectivity index (χ3v) is 2.82. The van der Waals surface area contributed by atoms with Crippen LogP contribution in [-0.4, -0.2) is 24.5 Å². The topological polar surface area (TPSA) is 87.2 Å². The number of nitrogen functional groups attached to an aromatic ring is 1. The molecule has 0 aliphatic rings. The molecule has 0 saturated heterocycles. The highest BCUT2D eigenvalue weighted by Crippen LogP contribution is 2.26. The molecule has 0 aliphatic heterocycles. The zero-order valence-corrected chi connectivity index (χ0v) is 10.8. The lowest BCUT2D eigenvalue weighted by atomic mass is 10.3. The van der Waals surface area contributed by atoms with Gasteiger partial charge in [0.25, 0.3) is 5.88 Å². The largest absolute Gasteiger partial charge is 0.383 e. The van der Waals surface area contributed by atoms with E-state index in [0.717, 1.165) is 11.9 Å². The zero-order valence-electron chi connectivity index (χ0n) is 9.99. The fourth-order valence-corrected chi connectivity index (χ4v) is 1.92. The summed E-state index contributed by atoms with van der Waals surface area (Å²) >= 11 is 0. The molecule has 0 radical (unpaired) electrons. The summed E-state index contributed by atoms with van der Waals surface area (Å²) in [6.07, 6.45) is 0.962. The molecule has 1 aromatic heterocycles. The Morgan fingerprint density at radius 1 is 1.28 bits per heavy atom. The van der Waals surface area contributed by atoms with Gasteiger partial charge in [-0.3, -0.25) is 0 Å².